The maximum absolute atomic E-state index is 13.0. The molecule has 2 heterocycles. The van der Waals surface area contributed by atoms with Crippen molar-refractivity contribution in [2.45, 2.75) is 19.1 Å². The van der Waals surface area contributed by atoms with Crippen molar-refractivity contribution in [3.05, 3.63) is 76.8 Å². The van der Waals surface area contributed by atoms with Gasteiger partial charge in [0, 0.05) is 11.4 Å². The Morgan fingerprint density at radius 1 is 1.21 bits per heavy atom. The van der Waals surface area contributed by atoms with Gasteiger partial charge >= 0.3 is 0 Å². The van der Waals surface area contributed by atoms with Crippen molar-refractivity contribution in [2.75, 3.05) is 5.32 Å². The number of oxime groups is 1. The van der Waals surface area contributed by atoms with E-state index in [0.717, 1.165) is 5.56 Å². The number of benzene rings is 2. The van der Waals surface area contributed by atoms with Crippen LogP contribution in [0.3, 0.4) is 0 Å². The van der Waals surface area contributed by atoms with Gasteiger partial charge in [-0.3, -0.25) is 10.1 Å². The van der Waals surface area contributed by atoms with Crippen LogP contribution >= 0.6 is 11.6 Å². The summed E-state index contributed by atoms with van der Waals surface area (Å²) >= 11 is 5.87. The van der Waals surface area contributed by atoms with Crippen LogP contribution in [0.1, 0.15) is 17.5 Å². The summed E-state index contributed by atoms with van der Waals surface area (Å²) < 4.78 is 14.6. The molecule has 1 aliphatic rings. The molecule has 1 N–H and O–H groups in total. The van der Waals surface area contributed by atoms with Crippen LogP contribution < -0.4 is 5.32 Å². The van der Waals surface area contributed by atoms with Crippen LogP contribution in [-0.4, -0.2) is 32.5 Å². The van der Waals surface area contributed by atoms with Crippen LogP contribution in [0.5, 0.6) is 0 Å². The minimum Gasteiger partial charge on any atom is -0.382 e. The number of anilines is 1. The average molecular weight is 400 g/mol. The highest BCUT2D eigenvalue weighted by atomic mass is 35.5. The van der Waals surface area contributed by atoms with Crippen molar-refractivity contribution in [1.29, 1.82) is 0 Å². The van der Waals surface area contributed by atoms with Gasteiger partial charge in [0.2, 0.25) is 12.1 Å². The Labute approximate surface area is 164 Å². The van der Waals surface area contributed by atoms with Gasteiger partial charge in [0.05, 0.1) is 12.3 Å². The van der Waals surface area contributed by atoms with Crippen LogP contribution in [-0.2, 0) is 16.2 Å². The standard InChI is InChI=1S/C19H15ClFN5O2/c20-14-5-1-12(2-6-14)10-26-11-22-19(24-26)23-18(27)17-9-16(25-28-17)13-3-7-15(21)8-4-13/h1-8,11,17H,9-10H2,(H,23,24,27). The minimum absolute atomic E-state index is 0.179. The van der Waals surface area contributed by atoms with E-state index in [1.807, 2.05) is 12.1 Å². The SMILES string of the molecule is O=C(Nc1ncn(Cc2ccc(Cl)cc2)n1)C1CC(c2ccc(F)cc2)=NO1. The number of hydrogen-bond donors (Lipinski definition) is 1. The maximum atomic E-state index is 13.0. The molecule has 0 saturated heterocycles. The van der Waals surface area contributed by atoms with Crippen LogP contribution in [0.15, 0.2) is 60.0 Å². The zero-order valence-corrected chi connectivity index (χ0v) is 15.3. The van der Waals surface area contributed by atoms with Crippen molar-refractivity contribution < 1.29 is 14.0 Å². The van der Waals surface area contributed by atoms with Gasteiger partial charge in [-0.15, -0.1) is 5.10 Å². The molecular formula is C19H15ClFN5O2. The number of carbonyl (C=O) groups excluding carboxylic acids is 1. The quantitative estimate of drug-likeness (QED) is 0.714. The van der Waals surface area contributed by atoms with Crippen molar-refractivity contribution in [2.24, 2.45) is 5.16 Å². The number of amides is 1. The van der Waals surface area contributed by atoms with Gasteiger partial charge in [0.25, 0.3) is 5.91 Å². The van der Waals surface area contributed by atoms with E-state index in [9.17, 15) is 9.18 Å². The van der Waals surface area contributed by atoms with E-state index in [0.29, 0.717) is 22.8 Å². The molecule has 7 nitrogen and oxygen atoms in total. The molecule has 1 atom stereocenters. The second kappa shape index (κ2) is 7.77. The molecule has 1 amide bonds. The summed E-state index contributed by atoms with van der Waals surface area (Å²) in [6, 6.07) is 13.2. The third-order valence-corrected chi connectivity index (χ3v) is 4.42. The number of nitrogens with zero attached hydrogens (tertiary/aromatic N) is 4. The van der Waals surface area contributed by atoms with Crippen LogP contribution in [0, 0.1) is 5.82 Å². The third kappa shape index (κ3) is 4.17. The molecule has 1 aliphatic heterocycles. The Morgan fingerprint density at radius 2 is 1.96 bits per heavy atom. The molecule has 0 radical (unpaired) electrons. The smallest absolute Gasteiger partial charge is 0.271 e. The van der Waals surface area contributed by atoms with Crippen LogP contribution in [0.2, 0.25) is 5.02 Å². The van der Waals surface area contributed by atoms with Gasteiger partial charge in [0.15, 0.2) is 0 Å². The predicted octanol–water partition coefficient (Wildman–Crippen LogP) is 3.25. The second-order valence-corrected chi connectivity index (χ2v) is 6.66. The number of hydrogen-bond acceptors (Lipinski definition) is 5. The molecule has 9 heteroatoms. The number of rotatable bonds is 5. The number of carbonyl (C=O) groups is 1. The van der Waals surface area contributed by atoms with Crippen molar-refractivity contribution in [1.82, 2.24) is 14.8 Å². The van der Waals surface area contributed by atoms with E-state index in [2.05, 4.69) is 20.6 Å². The fourth-order valence-electron chi connectivity index (χ4n) is 2.73. The summed E-state index contributed by atoms with van der Waals surface area (Å²) in [6.07, 6.45) is 1.02. The van der Waals surface area contributed by atoms with E-state index in [-0.39, 0.29) is 18.2 Å². The van der Waals surface area contributed by atoms with Gasteiger partial charge in [-0.2, -0.15) is 0 Å². The Bertz CT molecular complexity index is 1020. The molecule has 28 heavy (non-hydrogen) atoms. The normalized spacial score (nSPS) is 15.8. The topological polar surface area (TPSA) is 81.4 Å². The van der Waals surface area contributed by atoms with Gasteiger partial charge < -0.3 is 4.84 Å². The first-order chi connectivity index (χ1) is 13.6. The van der Waals surface area contributed by atoms with Crippen LogP contribution in [0.25, 0.3) is 0 Å². The minimum atomic E-state index is -0.789. The highest BCUT2D eigenvalue weighted by Crippen LogP contribution is 2.18. The highest BCUT2D eigenvalue weighted by molar-refractivity contribution is 6.30. The van der Waals surface area contributed by atoms with Gasteiger partial charge in [-0.1, -0.05) is 41.0 Å². The van der Waals surface area contributed by atoms with E-state index in [1.165, 1.54) is 18.5 Å². The maximum Gasteiger partial charge on any atom is 0.271 e. The molecule has 2 aromatic carbocycles. The summed E-state index contributed by atoms with van der Waals surface area (Å²) in [5.74, 6) is -0.555. The molecule has 0 fully saturated rings. The second-order valence-electron chi connectivity index (χ2n) is 6.22. The summed E-state index contributed by atoms with van der Waals surface area (Å²) in [4.78, 5) is 21.7. The van der Waals surface area contributed by atoms with Gasteiger partial charge in [-0.25, -0.2) is 14.1 Å². The summed E-state index contributed by atoms with van der Waals surface area (Å²) in [7, 11) is 0. The first-order valence-electron chi connectivity index (χ1n) is 8.50. The Hall–Kier alpha value is -3.26. The highest BCUT2D eigenvalue weighted by Gasteiger charge is 2.29. The molecule has 0 aliphatic carbocycles. The summed E-state index contributed by atoms with van der Waals surface area (Å²) in [6.45, 7) is 0.498. The number of halogens is 2. The molecule has 1 unspecified atom stereocenters. The monoisotopic (exact) mass is 399 g/mol. The zero-order valence-electron chi connectivity index (χ0n) is 14.5. The lowest BCUT2D eigenvalue weighted by Gasteiger charge is -2.06. The van der Waals surface area contributed by atoms with Gasteiger partial charge in [-0.05, 0) is 35.4 Å². The fraction of sp³-hybridized carbons (Fsp3) is 0.158. The molecule has 4 rings (SSSR count). The first kappa shape index (κ1) is 18.1. The lowest BCUT2D eigenvalue weighted by atomic mass is 10.0. The average Bonchev–Trinajstić information content (AvgIpc) is 3.34. The van der Waals surface area contributed by atoms with Crippen molar-refractivity contribution in [3.63, 3.8) is 0 Å². The zero-order chi connectivity index (χ0) is 19.5. The first-order valence-corrected chi connectivity index (χ1v) is 8.88. The third-order valence-electron chi connectivity index (χ3n) is 4.17. The summed E-state index contributed by atoms with van der Waals surface area (Å²) in [5, 5.41) is 11.4. The largest absolute Gasteiger partial charge is 0.382 e. The molecule has 3 aromatic rings. The van der Waals surface area contributed by atoms with E-state index in [4.69, 9.17) is 16.4 Å². The lowest BCUT2D eigenvalue weighted by Crippen LogP contribution is -2.28. The van der Waals surface area contributed by atoms with E-state index >= 15 is 0 Å². The Morgan fingerprint density at radius 3 is 2.71 bits per heavy atom. The molecule has 142 valence electrons. The van der Waals surface area contributed by atoms with Crippen molar-refractivity contribution >= 4 is 29.2 Å². The Kier molecular flexibility index (Phi) is 5.03. The number of aromatic nitrogens is 3. The van der Waals surface area contributed by atoms with Crippen molar-refractivity contribution in [3.8, 4) is 0 Å². The summed E-state index contributed by atoms with van der Waals surface area (Å²) in [5.41, 5.74) is 2.30. The molecule has 1 aromatic heterocycles. The molecule has 0 bridgehead atoms. The number of nitrogens with one attached hydrogen (secondary N) is 1. The van der Waals surface area contributed by atoms with E-state index in [1.54, 1.807) is 28.9 Å². The molecule has 0 spiro atoms. The fourth-order valence-corrected chi connectivity index (χ4v) is 2.85. The molecule has 0 saturated carbocycles. The van der Waals surface area contributed by atoms with E-state index < -0.39 is 12.0 Å². The predicted molar refractivity (Wildman–Crippen MR) is 102 cm³/mol. The van der Waals surface area contributed by atoms with Crippen LogP contribution in [0.4, 0.5) is 10.3 Å². The van der Waals surface area contributed by atoms with Gasteiger partial charge in [0.1, 0.15) is 12.1 Å². The molecular weight excluding hydrogens is 385 g/mol. The Balaban J connectivity index is 1.34. The lowest BCUT2D eigenvalue weighted by molar-refractivity contribution is -0.125.